The van der Waals surface area contributed by atoms with Gasteiger partial charge in [-0.25, -0.2) is 0 Å². The second-order valence-corrected chi connectivity index (χ2v) is 8.22. The summed E-state index contributed by atoms with van der Waals surface area (Å²) in [7, 11) is 0. The van der Waals surface area contributed by atoms with E-state index < -0.39 is 5.54 Å². The molecule has 0 aromatic carbocycles. The molecule has 4 rings (SSSR count). The number of furan rings is 1. The lowest BCUT2D eigenvalue weighted by molar-refractivity contribution is 0.0399. The molecule has 110 valence electrons. The zero-order valence-corrected chi connectivity index (χ0v) is 14.3. The number of piperidine rings is 1. The molecule has 1 saturated heterocycles. The summed E-state index contributed by atoms with van der Waals surface area (Å²) in [6, 6.07) is 6.04. The Bertz CT molecular complexity index is 693. The lowest BCUT2D eigenvalue weighted by atomic mass is 9.66. The highest BCUT2D eigenvalue weighted by atomic mass is 127. The van der Waals surface area contributed by atoms with Gasteiger partial charge in [0.05, 0.1) is 6.07 Å². The summed E-state index contributed by atoms with van der Waals surface area (Å²) >= 11 is 2.06. The van der Waals surface area contributed by atoms with Gasteiger partial charge in [-0.1, -0.05) is 13.8 Å². The van der Waals surface area contributed by atoms with Gasteiger partial charge in [-0.3, -0.25) is 4.79 Å². The molecule has 1 amide bonds. The van der Waals surface area contributed by atoms with Gasteiger partial charge in [0.1, 0.15) is 5.54 Å². The number of hydrogen-bond acceptors (Lipinski definition) is 3. The van der Waals surface area contributed by atoms with Crippen molar-refractivity contribution in [3.05, 3.63) is 21.7 Å². The number of nitrogens with zero attached hydrogens (tertiary/aromatic N) is 2. The van der Waals surface area contributed by atoms with Crippen molar-refractivity contribution in [2.45, 2.75) is 38.6 Å². The molecular formula is C16H17IN2O2. The minimum absolute atomic E-state index is 0.0676. The number of nitriles is 1. The van der Waals surface area contributed by atoms with Crippen molar-refractivity contribution in [1.82, 2.24) is 4.90 Å². The summed E-state index contributed by atoms with van der Waals surface area (Å²) in [6.45, 7) is 5.16. The Morgan fingerprint density at radius 2 is 2.29 bits per heavy atom. The number of amides is 1. The highest BCUT2D eigenvalue weighted by molar-refractivity contribution is 14.1. The van der Waals surface area contributed by atoms with E-state index in [2.05, 4.69) is 42.5 Å². The monoisotopic (exact) mass is 396 g/mol. The maximum Gasteiger partial charge on any atom is 0.290 e. The number of carbonyl (C=O) groups excluding carboxylic acids is 1. The van der Waals surface area contributed by atoms with E-state index in [4.69, 9.17) is 4.42 Å². The number of carbonyl (C=O) groups is 1. The van der Waals surface area contributed by atoms with Crippen LogP contribution in [0.3, 0.4) is 0 Å². The number of halogens is 1. The van der Waals surface area contributed by atoms with Crippen LogP contribution in [0.4, 0.5) is 0 Å². The van der Waals surface area contributed by atoms with Crippen molar-refractivity contribution in [1.29, 1.82) is 5.26 Å². The maximum atomic E-state index is 12.9. The van der Waals surface area contributed by atoms with Crippen LogP contribution in [0.15, 0.2) is 16.5 Å². The maximum absolute atomic E-state index is 12.9. The van der Waals surface area contributed by atoms with E-state index in [-0.39, 0.29) is 16.7 Å². The molecule has 1 aliphatic heterocycles. The first-order valence-corrected chi connectivity index (χ1v) is 8.44. The van der Waals surface area contributed by atoms with Gasteiger partial charge in [-0.05, 0) is 65.3 Å². The second kappa shape index (κ2) is 3.83. The van der Waals surface area contributed by atoms with Crippen molar-refractivity contribution >= 4 is 28.5 Å². The minimum Gasteiger partial charge on any atom is -0.445 e. The molecule has 2 aliphatic carbocycles. The third kappa shape index (κ3) is 1.29. The molecule has 2 heterocycles. The Hall–Kier alpha value is -1.03. The fourth-order valence-corrected chi connectivity index (χ4v) is 5.73. The molecule has 0 spiro atoms. The van der Waals surface area contributed by atoms with Crippen LogP contribution < -0.4 is 0 Å². The Balaban J connectivity index is 1.80. The molecule has 0 radical (unpaired) electrons. The van der Waals surface area contributed by atoms with Crippen LogP contribution in [0, 0.1) is 31.8 Å². The first kappa shape index (κ1) is 13.6. The molecular weight excluding hydrogens is 379 g/mol. The van der Waals surface area contributed by atoms with Crippen LogP contribution in [0.1, 0.15) is 43.7 Å². The van der Waals surface area contributed by atoms with Crippen LogP contribution in [-0.2, 0) is 0 Å². The third-order valence-corrected chi connectivity index (χ3v) is 7.35. The molecule has 4 bridgehead atoms. The smallest absolute Gasteiger partial charge is 0.290 e. The summed E-state index contributed by atoms with van der Waals surface area (Å²) in [6.07, 6.45) is 3.05. The van der Waals surface area contributed by atoms with Gasteiger partial charge < -0.3 is 9.32 Å². The van der Waals surface area contributed by atoms with E-state index in [1.54, 1.807) is 17.0 Å². The zero-order chi connectivity index (χ0) is 15.0. The molecule has 2 saturated carbocycles. The Morgan fingerprint density at radius 3 is 2.86 bits per heavy atom. The summed E-state index contributed by atoms with van der Waals surface area (Å²) in [5.74, 6) is 0.794. The molecule has 0 N–H and O–H groups in total. The zero-order valence-electron chi connectivity index (χ0n) is 12.1. The highest BCUT2D eigenvalue weighted by Crippen LogP contribution is 2.75. The summed E-state index contributed by atoms with van der Waals surface area (Å²) < 4.78 is 6.19. The quantitative estimate of drug-likeness (QED) is 0.684. The predicted octanol–water partition coefficient (Wildman–Crippen LogP) is 3.43. The van der Waals surface area contributed by atoms with Crippen molar-refractivity contribution in [3.63, 3.8) is 0 Å². The summed E-state index contributed by atoms with van der Waals surface area (Å²) in [5, 5.41) is 9.94. The molecule has 3 fully saturated rings. The highest BCUT2D eigenvalue weighted by Gasteiger charge is 2.79. The Kier molecular flexibility index (Phi) is 2.49. The van der Waals surface area contributed by atoms with Crippen molar-refractivity contribution in [2.75, 3.05) is 6.54 Å². The SMILES string of the molecule is C[C@]12CC[C@H]3C[C@@]1(C#N)N(C(=O)c1ccc(I)o1)C[C@@]32C. The van der Waals surface area contributed by atoms with E-state index in [1.165, 1.54) is 6.42 Å². The van der Waals surface area contributed by atoms with Gasteiger partial charge in [-0.2, -0.15) is 5.26 Å². The predicted molar refractivity (Wildman–Crippen MR) is 84.4 cm³/mol. The normalized spacial score (nSPS) is 43.3. The van der Waals surface area contributed by atoms with E-state index in [9.17, 15) is 10.1 Å². The van der Waals surface area contributed by atoms with Gasteiger partial charge >= 0.3 is 0 Å². The van der Waals surface area contributed by atoms with Gasteiger partial charge in [-0.15, -0.1) is 0 Å². The Morgan fingerprint density at radius 1 is 1.52 bits per heavy atom. The molecule has 4 nitrogen and oxygen atoms in total. The molecule has 5 heteroatoms. The topological polar surface area (TPSA) is 57.2 Å². The van der Waals surface area contributed by atoms with Crippen LogP contribution in [-0.4, -0.2) is 22.9 Å². The first-order chi connectivity index (χ1) is 9.88. The second-order valence-electron chi connectivity index (χ2n) is 7.16. The molecule has 0 unspecified atom stereocenters. The van der Waals surface area contributed by atoms with Crippen LogP contribution >= 0.6 is 22.6 Å². The van der Waals surface area contributed by atoms with Crippen molar-refractivity contribution < 1.29 is 9.21 Å². The average Bonchev–Trinajstić information content (AvgIpc) is 3.10. The Labute approximate surface area is 137 Å². The number of hydrogen-bond donors (Lipinski definition) is 0. The third-order valence-electron chi connectivity index (χ3n) is 6.77. The van der Waals surface area contributed by atoms with Gasteiger partial charge in [0.2, 0.25) is 0 Å². The van der Waals surface area contributed by atoms with E-state index in [1.807, 2.05) is 0 Å². The fraction of sp³-hybridized carbons (Fsp3) is 0.625. The van der Waals surface area contributed by atoms with Crippen LogP contribution in [0.2, 0.25) is 0 Å². The molecule has 1 aromatic rings. The fourth-order valence-electron chi connectivity index (χ4n) is 5.32. The van der Waals surface area contributed by atoms with Crippen LogP contribution in [0.5, 0.6) is 0 Å². The number of likely N-dealkylation sites (tertiary alicyclic amines) is 1. The molecule has 3 aliphatic rings. The van der Waals surface area contributed by atoms with Crippen LogP contribution in [0.25, 0.3) is 0 Å². The minimum atomic E-state index is -0.653. The van der Waals surface area contributed by atoms with Crippen molar-refractivity contribution in [2.24, 2.45) is 16.7 Å². The molecule has 1 aromatic heterocycles. The average molecular weight is 396 g/mol. The van der Waals surface area contributed by atoms with Gasteiger partial charge in [0.15, 0.2) is 9.53 Å². The van der Waals surface area contributed by atoms with E-state index >= 15 is 0 Å². The summed E-state index contributed by atoms with van der Waals surface area (Å²) in [5.41, 5.74) is -0.674. The molecule has 21 heavy (non-hydrogen) atoms. The standard InChI is InChI=1S/C16H17IN2O2/c1-14-9-19(13(20)11-3-4-12(17)21-11)16(8-18)7-10(14)5-6-15(14,16)2/h3-4,10H,5-7,9H2,1-2H3/t10-,14-,15+,16-/m0/s1. The lowest BCUT2D eigenvalue weighted by Gasteiger charge is -2.42. The van der Waals surface area contributed by atoms with Crippen molar-refractivity contribution in [3.8, 4) is 6.07 Å². The molecule has 4 atom stereocenters. The van der Waals surface area contributed by atoms with Gasteiger partial charge in [0.25, 0.3) is 5.91 Å². The lowest BCUT2D eigenvalue weighted by Crippen LogP contribution is -2.54. The van der Waals surface area contributed by atoms with Gasteiger partial charge in [0, 0.05) is 12.0 Å². The largest absolute Gasteiger partial charge is 0.445 e. The first-order valence-electron chi connectivity index (χ1n) is 7.36. The number of rotatable bonds is 1. The van der Waals surface area contributed by atoms with E-state index in [0.29, 0.717) is 22.0 Å². The summed E-state index contributed by atoms with van der Waals surface area (Å²) in [4.78, 5) is 14.7. The van der Waals surface area contributed by atoms with E-state index in [0.717, 1.165) is 12.8 Å².